The van der Waals surface area contributed by atoms with Gasteiger partial charge in [-0.25, -0.2) is 0 Å². The Morgan fingerprint density at radius 1 is 1.10 bits per heavy atom. The zero-order chi connectivity index (χ0) is 15.1. The highest BCUT2D eigenvalue weighted by molar-refractivity contribution is 5.77. The van der Waals surface area contributed by atoms with E-state index in [1.807, 2.05) is 6.92 Å². The Labute approximate surface area is 120 Å². The number of aliphatic carboxylic acids is 1. The molecule has 110 valence electrons. The number of nitrogens with one attached hydrogen (secondary N) is 1. The summed E-state index contributed by atoms with van der Waals surface area (Å²) >= 11 is 0. The molecule has 0 bridgehead atoms. The van der Waals surface area contributed by atoms with Gasteiger partial charge in [0, 0.05) is 13.0 Å². The minimum Gasteiger partial charge on any atom is -0.481 e. The smallest absolute Gasteiger partial charge is 0.305 e. The van der Waals surface area contributed by atoms with E-state index in [2.05, 4.69) is 43.4 Å². The molecule has 1 amide bonds. The quantitative estimate of drug-likeness (QED) is 0.805. The molecule has 0 aromatic heterocycles. The molecule has 0 aliphatic carbocycles. The maximum Gasteiger partial charge on any atom is 0.305 e. The van der Waals surface area contributed by atoms with Crippen molar-refractivity contribution in [2.45, 2.75) is 45.4 Å². The summed E-state index contributed by atoms with van der Waals surface area (Å²) < 4.78 is 0. The SMILES string of the molecule is CC(C)c1ccc(C(C)CC(=O)NCCC(=O)O)cc1. The molecule has 0 spiro atoms. The summed E-state index contributed by atoms with van der Waals surface area (Å²) in [6, 6.07) is 8.31. The van der Waals surface area contributed by atoms with Crippen molar-refractivity contribution in [3.8, 4) is 0 Å². The predicted molar refractivity (Wildman–Crippen MR) is 78.8 cm³/mol. The summed E-state index contributed by atoms with van der Waals surface area (Å²) in [7, 11) is 0. The normalized spacial score (nSPS) is 12.2. The van der Waals surface area contributed by atoms with Crippen LogP contribution in [0.2, 0.25) is 0 Å². The number of hydrogen-bond acceptors (Lipinski definition) is 2. The predicted octanol–water partition coefficient (Wildman–Crippen LogP) is 2.89. The lowest BCUT2D eigenvalue weighted by atomic mass is 9.94. The molecule has 0 saturated carbocycles. The van der Waals surface area contributed by atoms with Gasteiger partial charge >= 0.3 is 5.97 Å². The molecule has 1 rings (SSSR count). The van der Waals surface area contributed by atoms with Crippen LogP contribution in [0, 0.1) is 0 Å². The number of hydrogen-bond donors (Lipinski definition) is 2. The summed E-state index contributed by atoms with van der Waals surface area (Å²) in [5.41, 5.74) is 2.41. The molecule has 0 fully saturated rings. The molecule has 0 aliphatic rings. The van der Waals surface area contributed by atoms with Crippen molar-refractivity contribution in [1.82, 2.24) is 5.32 Å². The van der Waals surface area contributed by atoms with Gasteiger partial charge in [0.25, 0.3) is 0 Å². The Bertz CT molecular complexity index is 451. The van der Waals surface area contributed by atoms with Crippen LogP contribution in [0.1, 0.15) is 56.6 Å². The highest BCUT2D eigenvalue weighted by atomic mass is 16.4. The van der Waals surface area contributed by atoms with Crippen LogP contribution in [0.5, 0.6) is 0 Å². The third-order valence-corrected chi connectivity index (χ3v) is 3.32. The minimum absolute atomic E-state index is 0.0385. The lowest BCUT2D eigenvalue weighted by molar-refractivity contribution is -0.136. The van der Waals surface area contributed by atoms with Gasteiger partial charge < -0.3 is 10.4 Å². The Morgan fingerprint density at radius 2 is 1.65 bits per heavy atom. The molecule has 20 heavy (non-hydrogen) atoms. The first-order chi connectivity index (χ1) is 9.40. The first-order valence-corrected chi connectivity index (χ1v) is 6.98. The summed E-state index contributed by atoms with van der Waals surface area (Å²) in [5.74, 6) is -0.381. The molecule has 1 aromatic rings. The average Bonchev–Trinajstić information content (AvgIpc) is 2.38. The van der Waals surface area contributed by atoms with Crippen LogP contribution in [-0.2, 0) is 9.59 Å². The van der Waals surface area contributed by atoms with Gasteiger partial charge in [-0.2, -0.15) is 0 Å². The molecule has 1 aromatic carbocycles. The maximum absolute atomic E-state index is 11.7. The highest BCUT2D eigenvalue weighted by Crippen LogP contribution is 2.22. The second kappa shape index (κ2) is 7.68. The lowest BCUT2D eigenvalue weighted by Gasteiger charge is -2.13. The topological polar surface area (TPSA) is 66.4 Å². The van der Waals surface area contributed by atoms with Crippen LogP contribution in [0.4, 0.5) is 0 Å². The molecule has 4 nitrogen and oxygen atoms in total. The van der Waals surface area contributed by atoms with E-state index in [0.717, 1.165) is 5.56 Å². The number of carboxylic acids is 1. The fourth-order valence-corrected chi connectivity index (χ4v) is 1.99. The Kier molecular flexibility index (Phi) is 6.22. The van der Waals surface area contributed by atoms with E-state index in [-0.39, 0.29) is 24.8 Å². The van der Waals surface area contributed by atoms with Gasteiger partial charge in [0.2, 0.25) is 5.91 Å². The first-order valence-electron chi connectivity index (χ1n) is 6.98. The number of rotatable bonds is 7. The maximum atomic E-state index is 11.7. The largest absolute Gasteiger partial charge is 0.481 e. The Balaban J connectivity index is 2.47. The zero-order valence-electron chi connectivity index (χ0n) is 12.3. The molecule has 0 saturated heterocycles. The molecular formula is C16H23NO3. The van der Waals surface area contributed by atoms with Gasteiger partial charge in [-0.1, -0.05) is 45.0 Å². The van der Waals surface area contributed by atoms with Crippen molar-refractivity contribution in [3.05, 3.63) is 35.4 Å². The number of carbonyl (C=O) groups is 2. The van der Waals surface area contributed by atoms with E-state index in [9.17, 15) is 9.59 Å². The molecule has 1 atom stereocenters. The summed E-state index contributed by atoms with van der Waals surface area (Å²) in [6.07, 6.45) is 0.337. The van der Waals surface area contributed by atoms with Gasteiger partial charge in [0.1, 0.15) is 0 Å². The van der Waals surface area contributed by atoms with Crippen molar-refractivity contribution in [2.75, 3.05) is 6.54 Å². The monoisotopic (exact) mass is 277 g/mol. The van der Waals surface area contributed by atoms with Crippen LogP contribution in [0.3, 0.4) is 0 Å². The van der Waals surface area contributed by atoms with E-state index >= 15 is 0 Å². The van der Waals surface area contributed by atoms with E-state index in [4.69, 9.17) is 5.11 Å². The van der Waals surface area contributed by atoms with Crippen LogP contribution >= 0.6 is 0 Å². The highest BCUT2D eigenvalue weighted by Gasteiger charge is 2.11. The van der Waals surface area contributed by atoms with Crippen molar-refractivity contribution in [1.29, 1.82) is 0 Å². The average molecular weight is 277 g/mol. The Morgan fingerprint density at radius 3 is 2.15 bits per heavy atom. The molecular weight excluding hydrogens is 254 g/mol. The lowest BCUT2D eigenvalue weighted by Crippen LogP contribution is -2.26. The summed E-state index contributed by atoms with van der Waals surface area (Å²) in [6.45, 7) is 6.48. The third-order valence-electron chi connectivity index (χ3n) is 3.32. The van der Waals surface area contributed by atoms with E-state index in [0.29, 0.717) is 12.3 Å². The standard InChI is InChI=1S/C16H23NO3/c1-11(2)13-4-6-14(7-5-13)12(3)10-15(18)17-9-8-16(19)20/h4-7,11-12H,8-10H2,1-3H3,(H,17,18)(H,19,20). The van der Waals surface area contributed by atoms with Crippen molar-refractivity contribution < 1.29 is 14.7 Å². The fraction of sp³-hybridized carbons (Fsp3) is 0.500. The molecule has 0 heterocycles. The summed E-state index contributed by atoms with van der Waals surface area (Å²) in [4.78, 5) is 22.0. The van der Waals surface area contributed by atoms with Crippen molar-refractivity contribution >= 4 is 11.9 Å². The van der Waals surface area contributed by atoms with Gasteiger partial charge in [0.05, 0.1) is 6.42 Å². The number of carboxylic acid groups (broad SMARTS) is 1. The minimum atomic E-state index is -0.900. The van der Waals surface area contributed by atoms with Crippen LogP contribution in [0.25, 0.3) is 0 Å². The summed E-state index contributed by atoms with van der Waals surface area (Å²) in [5, 5.41) is 11.1. The number of amides is 1. The molecule has 0 radical (unpaired) electrons. The van der Waals surface area contributed by atoms with Gasteiger partial charge in [-0.3, -0.25) is 9.59 Å². The third kappa shape index (κ3) is 5.43. The Hall–Kier alpha value is -1.84. The van der Waals surface area contributed by atoms with Crippen LogP contribution in [0.15, 0.2) is 24.3 Å². The van der Waals surface area contributed by atoms with Gasteiger partial charge in [0.15, 0.2) is 0 Å². The zero-order valence-corrected chi connectivity index (χ0v) is 12.3. The molecule has 2 N–H and O–H groups in total. The second-order valence-electron chi connectivity index (χ2n) is 5.42. The number of benzene rings is 1. The van der Waals surface area contributed by atoms with E-state index in [1.165, 1.54) is 5.56 Å². The molecule has 1 unspecified atom stereocenters. The molecule has 0 aliphatic heterocycles. The van der Waals surface area contributed by atoms with Crippen molar-refractivity contribution in [3.63, 3.8) is 0 Å². The second-order valence-corrected chi connectivity index (χ2v) is 5.42. The molecule has 4 heteroatoms. The fourth-order valence-electron chi connectivity index (χ4n) is 1.99. The van der Waals surface area contributed by atoms with Gasteiger partial charge in [-0.05, 0) is 23.0 Å². The van der Waals surface area contributed by atoms with Crippen LogP contribution < -0.4 is 5.32 Å². The van der Waals surface area contributed by atoms with Crippen molar-refractivity contribution in [2.24, 2.45) is 0 Å². The van der Waals surface area contributed by atoms with E-state index < -0.39 is 5.97 Å². The van der Waals surface area contributed by atoms with E-state index in [1.54, 1.807) is 0 Å². The van der Waals surface area contributed by atoms with Crippen LogP contribution in [-0.4, -0.2) is 23.5 Å². The first kappa shape index (κ1) is 16.2. The number of carbonyl (C=O) groups excluding carboxylic acids is 1. The van der Waals surface area contributed by atoms with Gasteiger partial charge in [-0.15, -0.1) is 0 Å².